The molecule has 0 aliphatic carbocycles. The Morgan fingerprint density at radius 2 is 0.893 bits per heavy atom. The van der Waals surface area contributed by atoms with Gasteiger partial charge in [-0.25, -0.2) is 4.98 Å². The van der Waals surface area contributed by atoms with E-state index >= 15 is 0 Å². The van der Waals surface area contributed by atoms with E-state index in [0.717, 1.165) is 152 Å². The maximum absolute atomic E-state index is 6.12. The van der Waals surface area contributed by atoms with Crippen LogP contribution < -0.4 is 25.9 Å². The molecule has 0 bridgehead atoms. The monoisotopic (exact) mass is 2260 g/mol. The number of fused-ring (bicyclic) bond motifs is 12. The van der Waals surface area contributed by atoms with Crippen molar-refractivity contribution >= 4 is 146 Å². The fourth-order valence-corrected chi connectivity index (χ4v) is 20.7. The van der Waals surface area contributed by atoms with Crippen LogP contribution in [0.5, 0.6) is 0 Å². The average molecular weight is 2260 g/mol. The summed E-state index contributed by atoms with van der Waals surface area (Å²) < 4.78 is 24.0. The number of hydrogen-bond acceptors (Lipinski definition) is 13. The number of aromatic nitrogens is 9. The molecule has 0 saturated heterocycles. The number of rotatable bonds is 13. The van der Waals surface area contributed by atoms with Crippen LogP contribution in [0.1, 0.15) is 55.9 Å². The molecular weight excluding hydrogens is 2160 g/mol. The van der Waals surface area contributed by atoms with Gasteiger partial charge in [0, 0.05) is 138 Å². The second-order valence-electron chi connectivity index (χ2n) is 32.8. The molecule has 21 heteroatoms. The van der Waals surface area contributed by atoms with Gasteiger partial charge in [0.25, 0.3) is 0 Å². The zero-order valence-electron chi connectivity index (χ0n) is 66.5. The minimum atomic E-state index is -1.77. The van der Waals surface area contributed by atoms with E-state index in [1.807, 2.05) is 94.0 Å². The molecular formula is C91H91Ir4N9O4Si4-4. The van der Waals surface area contributed by atoms with Crippen molar-refractivity contribution in [3.05, 3.63) is 242 Å². The van der Waals surface area contributed by atoms with E-state index in [9.17, 15) is 0 Å². The third-order valence-corrected chi connectivity index (χ3v) is 29.6. The second-order valence-corrected chi connectivity index (χ2v) is 52.3. The normalized spacial score (nSPS) is 11.8. The molecule has 17 aromatic rings. The Kier molecular flexibility index (Phi) is 27.2. The Bertz CT molecular complexity index is 6190. The summed E-state index contributed by atoms with van der Waals surface area (Å²) in [6.07, 6.45) is 23.2. The van der Waals surface area contributed by atoms with Gasteiger partial charge in [-0.05, 0) is 166 Å². The summed E-state index contributed by atoms with van der Waals surface area (Å²) in [6, 6.07) is 55.4. The molecule has 0 spiro atoms. The fraction of sp³-hybridized carbons (Fsp3) is 0.242. The minimum absolute atomic E-state index is 0. The molecule has 580 valence electrons. The third-order valence-electron chi connectivity index (χ3n) is 20.0. The summed E-state index contributed by atoms with van der Waals surface area (Å²) in [5.41, 5.74) is 19.0. The zero-order chi connectivity index (χ0) is 76.1. The number of para-hydroxylation sites is 2. The van der Waals surface area contributed by atoms with E-state index in [4.69, 9.17) is 32.6 Å². The minimum Gasteiger partial charge on any atom is -0.500 e. The van der Waals surface area contributed by atoms with Gasteiger partial charge >= 0.3 is 0 Å². The van der Waals surface area contributed by atoms with Gasteiger partial charge in [0.2, 0.25) is 5.71 Å². The van der Waals surface area contributed by atoms with Crippen LogP contribution >= 0.6 is 0 Å². The second kappa shape index (κ2) is 35.3. The van der Waals surface area contributed by atoms with Crippen LogP contribution in [0.2, 0.25) is 72.0 Å². The van der Waals surface area contributed by atoms with Gasteiger partial charge in [-0.15, -0.1) is 35.4 Å². The summed E-state index contributed by atoms with van der Waals surface area (Å²) in [7, 11) is -6.02. The number of hydrogen-bond donors (Lipinski definition) is 0. The maximum atomic E-state index is 6.12. The first-order valence-corrected chi connectivity index (χ1v) is 50.7. The van der Waals surface area contributed by atoms with E-state index in [1.165, 1.54) is 37.1 Å². The molecule has 4 radical (unpaired) electrons. The first-order chi connectivity index (χ1) is 51.5. The molecule has 0 N–H and O–H groups in total. The zero-order valence-corrected chi connectivity index (χ0v) is 80.0. The summed E-state index contributed by atoms with van der Waals surface area (Å²) in [6.45, 7) is 41.0. The summed E-state index contributed by atoms with van der Waals surface area (Å²) >= 11 is 0. The van der Waals surface area contributed by atoms with Gasteiger partial charge < -0.3 is 52.6 Å². The van der Waals surface area contributed by atoms with Crippen LogP contribution in [-0.2, 0) is 93.3 Å². The Balaban J connectivity index is 0.000000157. The van der Waals surface area contributed by atoms with Crippen molar-refractivity contribution in [2.24, 2.45) is 11.8 Å². The average Bonchev–Trinajstić information content (AvgIpc) is 1.57. The standard InChI is InChI=1S/C24H19N2OSi.C23H26N3OSi.C23H25N2OSi.C21H21N2OSi.4Ir/c1-28(2,17-8-4-3-5-9-17)18-12-13-22(26-14-18)21-16-25-15-20-19-10-6-7-11-23(19)27-24(20)21;1-14(2)9-16-10-20(25-13-21(16)28(4,5)6)19-12-24-11-18-17-8-7-15(3)26-23(17)27-22(18)19;1-15(2)10-16-12-20(24-14-22(16)27(3,4)5)17-11-19-18-8-6-7-9-21(18)26-23(19)25-13-17;1-13-10-18-17-11-15(6-9-20(17)24-21(18)14(2)23-13)19-8-7-16(12-22-19)25(3,4)5;;;;/h3-15H,1-2H3;7-8,10-11,13-14H,9H2,1-6H3;6-9,11-12,14-15H,10H2,1-5H3;7-12H,1-5H3;;;;/q4*-1;;;;. The van der Waals surface area contributed by atoms with Gasteiger partial charge in [-0.2, -0.15) is 0 Å². The maximum Gasteiger partial charge on any atom is 0.216 e. The van der Waals surface area contributed by atoms with Crippen molar-refractivity contribution in [3.8, 4) is 45.0 Å². The fourth-order valence-electron chi connectivity index (χ4n) is 14.2. The van der Waals surface area contributed by atoms with E-state index < -0.39 is 32.3 Å². The Morgan fingerprint density at radius 3 is 1.50 bits per heavy atom. The molecule has 13 nitrogen and oxygen atoms in total. The molecule has 0 atom stereocenters. The Hall–Kier alpha value is -8.11. The van der Waals surface area contributed by atoms with Gasteiger partial charge in [0.1, 0.15) is 30.5 Å². The Labute approximate surface area is 714 Å². The van der Waals surface area contributed by atoms with Gasteiger partial charge in [-0.1, -0.05) is 236 Å². The number of furan rings is 4. The van der Waals surface area contributed by atoms with Crippen molar-refractivity contribution in [3.63, 3.8) is 0 Å². The van der Waals surface area contributed by atoms with Crippen molar-refractivity contribution in [1.82, 2.24) is 44.9 Å². The van der Waals surface area contributed by atoms with Gasteiger partial charge in [-0.3, -0.25) is 4.98 Å². The van der Waals surface area contributed by atoms with Gasteiger partial charge in [0.05, 0.1) is 46.7 Å². The predicted octanol–water partition coefficient (Wildman–Crippen LogP) is 20.5. The van der Waals surface area contributed by atoms with Crippen molar-refractivity contribution in [2.45, 2.75) is 133 Å². The van der Waals surface area contributed by atoms with E-state index in [-0.39, 0.29) is 80.4 Å². The number of aryl methyl sites for hydroxylation is 3. The summed E-state index contributed by atoms with van der Waals surface area (Å²) in [5, 5.41) is 15.2. The summed E-state index contributed by atoms with van der Waals surface area (Å²) in [5.74, 6) is 1.19. The first-order valence-electron chi connectivity index (χ1n) is 37.2. The van der Waals surface area contributed by atoms with Gasteiger partial charge in [0.15, 0.2) is 0 Å². The smallest absolute Gasteiger partial charge is 0.216 e. The van der Waals surface area contributed by atoms with Crippen LogP contribution in [0, 0.1) is 57.3 Å². The molecule has 0 fully saturated rings. The first kappa shape index (κ1) is 86.3. The van der Waals surface area contributed by atoms with Crippen molar-refractivity contribution in [2.75, 3.05) is 0 Å². The van der Waals surface area contributed by atoms with Crippen molar-refractivity contribution < 1.29 is 98.1 Å². The Morgan fingerprint density at radius 1 is 0.366 bits per heavy atom. The summed E-state index contributed by atoms with van der Waals surface area (Å²) in [4.78, 5) is 41.2. The van der Waals surface area contributed by atoms with Crippen molar-refractivity contribution in [1.29, 1.82) is 0 Å². The largest absolute Gasteiger partial charge is 0.500 e. The van der Waals surface area contributed by atoms with Crippen LogP contribution in [0.15, 0.2) is 207 Å². The van der Waals surface area contributed by atoms with E-state index in [1.54, 1.807) is 6.20 Å². The molecule has 0 aliphatic rings. The molecule has 13 heterocycles. The molecule has 0 unspecified atom stereocenters. The molecule has 0 aliphatic heterocycles. The molecule has 17 rings (SSSR count). The van der Waals surface area contributed by atoms with E-state index in [0.29, 0.717) is 23.3 Å². The number of benzene rings is 4. The van der Waals surface area contributed by atoms with Crippen LogP contribution in [0.25, 0.3) is 133 Å². The topological polar surface area (TPSA) is 169 Å². The number of pyridine rings is 9. The van der Waals surface area contributed by atoms with Crippen LogP contribution in [0.3, 0.4) is 0 Å². The third kappa shape index (κ3) is 18.5. The molecule has 0 saturated carbocycles. The number of nitrogens with zero attached hydrogens (tertiary/aromatic N) is 9. The quantitative estimate of drug-likeness (QED) is 0.0790. The van der Waals surface area contributed by atoms with Crippen LogP contribution in [0.4, 0.5) is 0 Å². The predicted molar refractivity (Wildman–Crippen MR) is 456 cm³/mol. The molecule has 0 amide bonds. The van der Waals surface area contributed by atoms with E-state index in [2.05, 4.69) is 264 Å². The molecule has 112 heavy (non-hydrogen) atoms. The molecule has 4 aromatic carbocycles. The SMILES string of the molecule is CC(C)Cc1cc(-c2[c-]nc3oc4ccccc4c3c2)ncc1[Si](C)(C)C.C[Si](C)(c1ccccc1)c1ccc(-c2[c-]ncc3c2oc2ccccc23)nc1.Cc1cc2c(oc3c[c-]c(-c4ccc([Si](C)(C)C)cn4)cc32)c(C)n1.Cc1ccc2c(n1)oc1c(-c3cc(CC(C)C)c([Si](C)(C)C)cn3)[c-]ncc12.[Ir].[Ir].[Ir].[Ir]. The molecule has 13 aromatic heterocycles. The van der Waals surface area contributed by atoms with Crippen LogP contribution in [-0.4, -0.2) is 77.2 Å².